The van der Waals surface area contributed by atoms with Crippen molar-refractivity contribution >= 4 is 17.9 Å². The maximum atomic E-state index is 12.8. The van der Waals surface area contributed by atoms with E-state index in [2.05, 4.69) is 130 Å². The van der Waals surface area contributed by atoms with Crippen molar-refractivity contribution in [2.24, 2.45) is 0 Å². The fraction of sp³-hybridized carbons (Fsp3) is 0.646. The molecule has 71 heavy (non-hydrogen) atoms. The molecule has 402 valence electrons. The van der Waals surface area contributed by atoms with Gasteiger partial charge in [0.1, 0.15) is 13.2 Å². The summed E-state index contributed by atoms with van der Waals surface area (Å²) in [5.41, 5.74) is 0. The lowest BCUT2D eigenvalue weighted by atomic mass is 10.1. The van der Waals surface area contributed by atoms with E-state index in [1.807, 2.05) is 12.2 Å². The molecule has 0 aliphatic heterocycles. The zero-order valence-corrected chi connectivity index (χ0v) is 45.9. The van der Waals surface area contributed by atoms with Crippen molar-refractivity contribution < 1.29 is 28.6 Å². The van der Waals surface area contributed by atoms with Crippen LogP contribution in [0, 0.1) is 0 Å². The quantitative estimate of drug-likeness (QED) is 0.0261. The minimum atomic E-state index is -0.839. The lowest BCUT2D eigenvalue weighted by Gasteiger charge is -2.18. The topological polar surface area (TPSA) is 78.9 Å². The van der Waals surface area contributed by atoms with Crippen LogP contribution in [-0.4, -0.2) is 37.2 Å². The monoisotopic (exact) mass is 983 g/mol. The fourth-order valence-electron chi connectivity index (χ4n) is 7.59. The van der Waals surface area contributed by atoms with Crippen LogP contribution in [-0.2, 0) is 28.6 Å². The third kappa shape index (κ3) is 56.6. The molecular weight excluding hydrogens is 877 g/mol. The van der Waals surface area contributed by atoms with Gasteiger partial charge in [0.05, 0.1) is 0 Å². The summed E-state index contributed by atoms with van der Waals surface area (Å²) in [6.07, 6.45) is 80.6. The van der Waals surface area contributed by atoms with Crippen LogP contribution in [0.1, 0.15) is 252 Å². The molecule has 0 aromatic heterocycles. The van der Waals surface area contributed by atoms with Crippen LogP contribution < -0.4 is 0 Å². The van der Waals surface area contributed by atoms with Gasteiger partial charge in [0.2, 0.25) is 0 Å². The molecule has 0 bridgehead atoms. The Morgan fingerprint density at radius 3 is 0.986 bits per heavy atom. The Kier molecular flexibility index (Phi) is 54.9. The van der Waals surface area contributed by atoms with Crippen LogP contribution in [0.2, 0.25) is 0 Å². The van der Waals surface area contributed by atoms with Crippen molar-refractivity contribution in [1.82, 2.24) is 0 Å². The van der Waals surface area contributed by atoms with E-state index < -0.39 is 12.1 Å². The number of hydrogen-bond donors (Lipinski definition) is 0. The summed E-state index contributed by atoms with van der Waals surface area (Å²) in [6.45, 7) is 6.40. The van der Waals surface area contributed by atoms with Gasteiger partial charge in [0.15, 0.2) is 6.10 Å². The van der Waals surface area contributed by atoms with E-state index >= 15 is 0 Å². The Balaban J connectivity index is 4.55. The van der Waals surface area contributed by atoms with Gasteiger partial charge in [-0.15, -0.1) is 0 Å². The van der Waals surface area contributed by atoms with E-state index in [-0.39, 0.29) is 31.6 Å². The van der Waals surface area contributed by atoms with Gasteiger partial charge >= 0.3 is 17.9 Å². The molecule has 0 unspecified atom stereocenters. The predicted octanol–water partition coefficient (Wildman–Crippen LogP) is 19.6. The van der Waals surface area contributed by atoms with E-state index in [1.54, 1.807) is 0 Å². The van der Waals surface area contributed by atoms with Crippen molar-refractivity contribution in [3.05, 3.63) is 122 Å². The molecule has 6 nitrogen and oxygen atoms in total. The second-order valence-electron chi connectivity index (χ2n) is 18.8. The number of allylic oxidation sites excluding steroid dienone is 20. The minimum Gasteiger partial charge on any atom is -0.462 e. The zero-order valence-electron chi connectivity index (χ0n) is 45.9. The fourth-order valence-corrected chi connectivity index (χ4v) is 7.59. The lowest BCUT2D eigenvalue weighted by molar-refractivity contribution is -0.166. The number of hydrogen-bond acceptors (Lipinski definition) is 6. The molecule has 0 spiro atoms. The third-order valence-electron chi connectivity index (χ3n) is 11.9. The van der Waals surface area contributed by atoms with Gasteiger partial charge in [-0.2, -0.15) is 0 Å². The highest BCUT2D eigenvalue weighted by Crippen LogP contribution is 2.14. The number of carbonyl (C=O) groups is 3. The van der Waals surface area contributed by atoms with E-state index in [0.717, 1.165) is 83.5 Å². The number of unbranched alkanes of at least 4 members (excludes halogenated alkanes) is 20. The predicted molar refractivity (Wildman–Crippen MR) is 306 cm³/mol. The lowest BCUT2D eigenvalue weighted by Crippen LogP contribution is -2.30. The molecule has 0 amide bonds. The second kappa shape index (κ2) is 58.4. The third-order valence-corrected chi connectivity index (χ3v) is 11.9. The van der Waals surface area contributed by atoms with Crippen LogP contribution >= 0.6 is 0 Å². The molecule has 0 radical (unpaired) electrons. The Bertz CT molecular complexity index is 1500. The Morgan fingerprint density at radius 2 is 0.577 bits per heavy atom. The maximum absolute atomic E-state index is 12.8. The molecule has 0 aliphatic carbocycles. The van der Waals surface area contributed by atoms with Gasteiger partial charge in [0, 0.05) is 19.3 Å². The number of ether oxygens (including phenoxy) is 3. The van der Waals surface area contributed by atoms with Crippen molar-refractivity contribution in [2.75, 3.05) is 13.2 Å². The summed E-state index contributed by atoms with van der Waals surface area (Å²) in [6, 6.07) is 0. The SMILES string of the molecule is CC/C=C\C/C=C\C/C=C\C/C=C\C/C=C\C/C=C\CCC(=O)O[C@H](COC(=O)CCCC/C=C\C/C=C\C/C=C\CCCCC)COC(=O)CCCCCCCCCCC/C=C\CCCCCCCC. The molecule has 1 atom stereocenters. The zero-order chi connectivity index (χ0) is 51.4. The Hall–Kier alpha value is -4.19. The van der Waals surface area contributed by atoms with Crippen LogP contribution in [0.25, 0.3) is 0 Å². The molecule has 0 saturated carbocycles. The van der Waals surface area contributed by atoms with Crippen molar-refractivity contribution in [2.45, 2.75) is 258 Å². The number of carbonyl (C=O) groups excluding carboxylic acids is 3. The molecule has 0 N–H and O–H groups in total. The highest BCUT2D eigenvalue weighted by molar-refractivity contribution is 5.71. The van der Waals surface area contributed by atoms with Crippen LogP contribution in [0.15, 0.2) is 122 Å². The van der Waals surface area contributed by atoms with Gasteiger partial charge in [-0.25, -0.2) is 0 Å². The Morgan fingerprint density at radius 1 is 0.296 bits per heavy atom. The summed E-state index contributed by atoms with van der Waals surface area (Å²) in [7, 11) is 0. The largest absolute Gasteiger partial charge is 0.462 e. The van der Waals surface area contributed by atoms with Crippen LogP contribution in [0.5, 0.6) is 0 Å². The molecule has 0 heterocycles. The standard InChI is InChI=1S/C65H106O6/c1-4-7-10-13-16-19-22-25-28-30-32-34-37-40-43-46-49-52-55-58-64(67)70-61-62(60-69-63(66)57-54-51-48-45-42-39-36-27-24-21-18-15-12-9-6-3)71-65(68)59-56-53-50-47-44-41-38-35-33-31-29-26-23-20-17-14-11-8-5-2/h8,11,17-18,20-21,25-29,33,35-36,41-42,44-45,50,53,62H,4-7,9-10,12-16,19,22-24,30-32,34,37-40,43,46-49,51-52,54-61H2,1-3H3/b11-8-,20-17-,21-18-,28-25-,29-26-,35-33-,36-27-,44-41-,45-42-,53-50-/t62-/m1/s1. The van der Waals surface area contributed by atoms with Crippen molar-refractivity contribution in [1.29, 1.82) is 0 Å². The first-order valence-electron chi connectivity index (χ1n) is 29.0. The van der Waals surface area contributed by atoms with Gasteiger partial charge in [-0.3, -0.25) is 14.4 Å². The van der Waals surface area contributed by atoms with Crippen molar-refractivity contribution in [3.8, 4) is 0 Å². The van der Waals surface area contributed by atoms with E-state index in [0.29, 0.717) is 25.7 Å². The molecule has 0 rings (SSSR count). The van der Waals surface area contributed by atoms with Crippen molar-refractivity contribution in [3.63, 3.8) is 0 Å². The summed E-state index contributed by atoms with van der Waals surface area (Å²) in [4.78, 5) is 38.1. The summed E-state index contributed by atoms with van der Waals surface area (Å²) >= 11 is 0. The van der Waals surface area contributed by atoms with Gasteiger partial charge in [0.25, 0.3) is 0 Å². The average molecular weight is 984 g/mol. The number of esters is 3. The van der Waals surface area contributed by atoms with Gasteiger partial charge < -0.3 is 14.2 Å². The molecule has 0 saturated heterocycles. The number of rotatable bonds is 51. The van der Waals surface area contributed by atoms with Gasteiger partial charge in [-0.1, -0.05) is 232 Å². The highest BCUT2D eigenvalue weighted by atomic mass is 16.6. The molecule has 0 aliphatic rings. The van der Waals surface area contributed by atoms with E-state index in [1.165, 1.54) is 116 Å². The first-order chi connectivity index (χ1) is 35.0. The highest BCUT2D eigenvalue weighted by Gasteiger charge is 2.19. The molecule has 0 fully saturated rings. The molecule has 6 heteroatoms. The average Bonchev–Trinajstić information content (AvgIpc) is 3.37. The summed E-state index contributed by atoms with van der Waals surface area (Å²) in [5, 5.41) is 0. The first-order valence-corrected chi connectivity index (χ1v) is 29.0. The molecule has 0 aromatic carbocycles. The molecular formula is C65H106O6. The molecule has 0 aromatic rings. The summed E-state index contributed by atoms with van der Waals surface area (Å²) < 4.78 is 16.8. The maximum Gasteiger partial charge on any atom is 0.306 e. The smallest absolute Gasteiger partial charge is 0.306 e. The van der Waals surface area contributed by atoms with Crippen LogP contribution in [0.4, 0.5) is 0 Å². The second-order valence-corrected chi connectivity index (χ2v) is 18.8. The van der Waals surface area contributed by atoms with Gasteiger partial charge in [-0.05, 0) is 122 Å². The minimum absolute atomic E-state index is 0.124. The van der Waals surface area contributed by atoms with E-state index in [4.69, 9.17) is 14.2 Å². The van der Waals surface area contributed by atoms with E-state index in [9.17, 15) is 14.4 Å². The Labute approximate surface area is 437 Å². The first kappa shape index (κ1) is 66.8. The normalized spacial score (nSPS) is 13.0. The van der Waals surface area contributed by atoms with Crippen LogP contribution in [0.3, 0.4) is 0 Å². The summed E-state index contributed by atoms with van der Waals surface area (Å²) in [5.74, 6) is -1.05.